The van der Waals surface area contributed by atoms with Crippen LogP contribution in [0, 0.1) is 27.7 Å². The Morgan fingerprint density at radius 1 is 1.11 bits per heavy atom. The molecule has 104 valence electrons. The zero-order valence-electron chi connectivity index (χ0n) is 12.3. The Morgan fingerprint density at radius 3 is 2.00 bits per heavy atom. The molecule has 0 aliphatic carbocycles. The van der Waals surface area contributed by atoms with Crippen LogP contribution in [0.1, 0.15) is 46.7 Å². The van der Waals surface area contributed by atoms with Crippen LogP contribution in [0.2, 0.25) is 0 Å². The van der Waals surface area contributed by atoms with E-state index in [0.29, 0.717) is 0 Å². The molecule has 1 aliphatic rings. The molecule has 0 aromatic heterocycles. The van der Waals surface area contributed by atoms with E-state index in [1.54, 1.807) is 0 Å². The molecule has 2 rings (SSSR count). The average molecular weight is 261 g/mol. The van der Waals surface area contributed by atoms with Gasteiger partial charge in [-0.1, -0.05) is 6.07 Å². The van der Waals surface area contributed by atoms with E-state index in [0.717, 1.165) is 42.6 Å². The van der Waals surface area contributed by atoms with Crippen molar-refractivity contribution in [3.63, 3.8) is 0 Å². The first-order chi connectivity index (χ1) is 8.93. The zero-order chi connectivity index (χ0) is 14.2. The van der Waals surface area contributed by atoms with Crippen LogP contribution >= 0.6 is 0 Å². The van der Waals surface area contributed by atoms with Gasteiger partial charge in [0.1, 0.15) is 6.04 Å². The number of nitrogens with zero attached hydrogens (tertiary/aromatic N) is 1. The zero-order valence-corrected chi connectivity index (χ0v) is 12.3. The van der Waals surface area contributed by atoms with Crippen molar-refractivity contribution in [1.29, 1.82) is 0 Å². The van der Waals surface area contributed by atoms with Crippen LogP contribution in [0.4, 0.5) is 0 Å². The second kappa shape index (κ2) is 5.33. The highest BCUT2D eigenvalue weighted by molar-refractivity contribution is 5.77. The molecule has 1 atom stereocenters. The fraction of sp³-hybridized carbons (Fsp3) is 0.562. The fourth-order valence-electron chi connectivity index (χ4n) is 3.12. The van der Waals surface area contributed by atoms with Crippen LogP contribution in [-0.4, -0.2) is 29.1 Å². The SMILES string of the molecule is Cc1cc(C)c(C)c(C(C(=O)O)N2CCCC2)c1C. The molecular formula is C16H23NO2. The second-order valence-corrected chi connectivity index (χ2v) is 5.66. The third-order valence-corrected chi connectivity index (χ3v) is 4.44. The van der Waals surface area contributed by atoms with Crippen molar-refractivity contribution < 1.29 is 9.90 Å². The van der Waals surface area contributed by atoms with Gasteiger partial charge in [0.25, 0.3) is 0 Å². The van der Waals surface area contributed by atoms with Gasteiger partial charge in [0.15, 0.2) is 0 Å². The molecular weight excluding hydrogens is 238 g/mol. The van der Waals surface area contributed by atoms with Gasteiger partial charge in [-0.15, -0.1) is 0 Å². The summed E-state index contributed by atoms with van der Waals surface area (Å²) in [5.41, 5.74) is 5.63. The Labute approximate surface area is 115 Å². The number of aryl methyl sites for hydroxylation is 2. The van der Waals surface area contributed by atoms with E-state index in [2.05, 4.69) is 24.8 Å². The van der Waals surface area contributed by atoms with Crippen molar-refractivity contribution in [2.45, 2.75) is 46.6 Å². The summed E-state index contributed by atoms with van der Waals surface area (Å²) in [6.45, 7) is 10.0. The van der Waals surface area contributed by atoms with E-state index in [9.17, 15) is 9.90 Å². The summed E-state index contributed by atoms with van der Waals surface area (Å²) in [5.74, 6) is -0.724. The van der Waals surface area contributed by atoms with E-state index in [4.69, 9.17) is 0 Å². The highest BCUT2D eigenvalue weighted by Crippen LogP contribution is 2.33. The van der Waals surface area contributed by atoms with Crippen molar-refractivity contribution >= 4 is 5.97 Å². The molecule has 1 aromatic rings. The Bertz CT molecular complexity index is 476. The Balaban J connectivity index is 2.56. The van der Waals surface area contributed by atoms with Gasteiger partial charge in [-0.05, 0) is 81.4 Å². The molecule has 0 amide bonds. The third-order valence-electron chi connectivity index (χ3n) is 4.44. The number of hydrogen-bond donors (Lipinski definition) is 1. The number of likely N-dealkylation sites (tertiary alicyclic amines) is 1. The summed E-state index contributed by atoms with van der Waals surface area (Å²) >= 11 is 0. The summed E-state index contributed by atoms with van der Waals surface area (Å²) in [4.78, 5) is 13.9. The lowest BCUT2D eigenvalue weighted by atomic mass is 9.89. The molecule has 0 saturated carbocycles. The molecule has 19 heavy (non-hydrogen) atoms. The lowest BCUT2D eigenvalue weighted by molar-refractivity contribution is -0.143. The van der Waals surface area contributed by atoms with Crippen LogP contribution in [0.3, 0.4) is 0 Å². The molecule has 1 fully saturated rings. The van der Waals surface area contributed by atoms with Crippen LogP contribution in [0.25, 0.3) is 0 Å². The number of rotatable bonds is 3. The fourth-order valence-corrected chi connectivity index (χ4v) is 3.12. The molecule has 1 aromatic carbocycles. The van der Waals surface area contributed by atoms with Crippen LogP contribution in [-0.2, 0) is 4.79 Å². The number of carboxylic acid groups (broad SMARTS) is 1. The summed E-state index contributed by atoms with van der Waals surface area (Å²) in [6.07, 6.45) is 2.21. The van der Waals surface area contributed by atoms with Gasteiger partial charge in [-0.25, -0.2) is 0 Å². The normalized spacial score (nSPS) is 17.7. The smallest absolute Gasteiger partial charge is 0.325 e. The minimum atomic E-state index is -0.724. The largest absolute Gasteiger partial charge is 0.480 e. The maximum atomic E-state index is 11.8. The Morgan fingerprint density at radius 2 is 1.58 bits per heavy atom. The number of benzene rings is 1. The van der Waals surface area contributed by atoms with E-state index >= 15 is 0 Å². The standard InChI is InChI=1S/C16H23NO2/c1-10-9-11(2)13(4)14(12(10)3)15(16(18)19)17-7-5-6-8-17/h9,15H,5-8H2,1-4H3,(H,18,19). The molecule has 1 unspecified atom stereocenters. The summed E-state index contributed by atoms with van der Waals surface area (Å²) < 4.78 is 0. The van der Waals surface area contributed by atoms with Gasteiger partial charge in [-0.2, -0.15) is 0 Å². The van der Waals surface area contributed by atoms with Gasteiger partial charge in [0.2, 0.25) is 0 Å². The molecule has 0 spiro atoms. The summed E-state index contributed by atoms with van der Waals surface area (Å²) in [5, 5.41) is 9.68. The van der Waals surface area contributed by atoms with Crippen molar-refractivity contribution in [3.05, 3.63) is 33.9 Å². The van der Waals surface area contributed by atoms with Gasteiger partial charge < -0.3 is 5.11 Å². The topological polar surface area (TPSA) is 40.5 Å². The van der Waals surface area contributed by atoms with E-state index < -0.39 is 12.0 Å². The molecule has 3 heteroatoms. The van der Waals surface area contributed by atoms with Crippen molar-refractivity contribution in [2.24, 2.45) is 0 Å². The maximum Gasteiger partial charge on any atom is 0.325 e. The summed E-state index contributed by atoms with van der Waals surface area (Å²) in [7, 11) is 0. The van der Waals surface area contributed by atoms with Gasteiger partial charge in [-0.3, -0.25) is 9.69 Å². The van der Waals surface area contributed by atoms with Crippen LogP contribution in [0.15, 0.2) is 6.07 Å². The van der Waals surface area contributed by atoms with Gasteiger partial charge in [0.05, 0.1) is 0 Å². The number of carbonyl (C=O) groups is 1. The quantitative estimate of drug-likeness (QED) is 0.908. The van der Waals surface area contributed by atoms with Crippen molar-refractivity contribution in [3.8, 4) is 0 Å². The predicted molar refractivity (Wildman–Crippen MR) is 76.6 cm³/mol. The Kier molecular flexibility index (Phi) is 3.95. The lowest BCUT2D eigenvalue weighted by Crippen LogP contribution is -2.33. The number of hydrogen-bond acceptors (Lipinski definition) is 2. The average Bonchev–Trinajstić information content (AvgIpc) is 2.85. The lowest BCUT2D eigenvalue weighted by Gasteiger charge is -2.28. The minimum Gasteiger partial charge on any atom is -0.480 e. The second-order valence-electron chi connectivity index (χ2n) is 5.66. The molecule has 1 aliphatic heterocycles. The minimum absolute atomic E-state index is 0.485. The maximum absolute atomic E-state index is 11.8. The van der Waals surface area contributed by atoms with Crippen LogP contribution in [0.5, 0.6) is 0 Å². The Hall–Kier alpha value is -1.35. The van der Waals surface area contributed by atoms with Gasteiger partial charge >= 0.3 is 5.97 Å². The predicted octanol–water partition coefficient (Wildman–Crippen LogP) is 3.14. The number of carboxylic acids is 1. The molecule has 1 N–H and O–H groups in total. The highest BCUT2D eigenvalue weighted by Gasteiger charge is 2.32. The highest BCUT2D eigenvalue weighted by atomic mass is 16.4. The first-order valence-corrected chi connectivity index (χ1v) is 6.97. The van der Waals surface area contributed by atoms with Gasteiger partial charge in [0, 0.05) is 0 Å². The van der Waals surface area contributed by atoms with E-state index in [1.807, 2.05) is 13.8 Å². The molecule has 0 radical (unpaired) electrons. The van der Waals surface area contributed by atoms with Crippen LogP contribution < -0.4 is 0 Å². The third kappa shape index (κ3) is 2.52. The molecule has 1 heterocycles. The molecule has 3 nitrogen and oxygen atoms in total. The number of aliphatic carboxylic acids is 1. The monoisotopic (exact) mass is 261 g/mol. The molecule has 0 bridgehead atoms. The van der Waals surface area contributed by atoms with E-state index in [-0.39, 0.29) is 0 Å². The van der Waals surface area contributed by atoms with Crippen molar-refractivity contribution in [1.82, 2.24) is 4.90 Å². The van der Waals surface area contributed by atoms with E-state index in [1.165, 1.54) is 11.1 Å². The summed E-state index contributed by atoms with van der Waals surface area (Å²) in [6, 6.07) is 1.66. The first-order valence-electron chi connectivity index (χ1n) is 6.97. The van der Waals surface area contributed by atoms with Crippen molar-refractivity contribution in [2.75, 3.05) is 13.1 Å². The molecule has 1 saturated heterocycles. The first kappa shape index (κ1) is 14.1.